The number of carbonyl (C=O) groups is 1. The maximum atomic E-state index is 12.4. The van der Waals surface area contributed by atoms with Crippen LogP contribution < -0.4 is 15.4 Å². The predicted molar refractivity (Wildman–Crippen MR) is 108 cm³/mol. The SMILES string of the molecule is COc1ccc(CNC(=O)c2ccnc(NCCC3=CCCCC3)c2)cc1. The molecule has 0 fully saturated rings. The zero-order valence-corrected chi connectivity index (χ0v) is 15.8. The van der Waals surface area contributed by atoms with E-state index in [0.29, 0.717) is 12.1 Å². The second-order valence-corrected chi connectivity index (χ2v) is 6.75. The van der Waals surface area contributed by atoms with Crippen molar-refractivity contribution in [2.24, 2.45) is 0 Å². The molecule has 142 valence electrons. The highest BCUT2D eigenvalue weighted by atomic mass is 16.5. The second kappa shape index (κ2) is 9.76. The van der Waals surface area contributed by atoms with Crippen molar-refractivity contribution in [1.29, 1.82) is 0 Å². The number of hydrogen-bond donors (Lipinski definition) is 2. The zero-order valence-electron chi connectivity index (χ0n) is 15.8. The van der Waals surface area contributed by atoms with Crippen LogP contribution in [0.4, 0.5) is 5.82 Å². The molecule has 5 nitrogen and oxygen atoms in total. The van der Waals surface area contributed by atoms with Crippen LogP contribution in [-0.4, -0.2) is 24.5 Å². The summed E-state index contributed by atoms with van der Waals surface area (Å²) >= 11 is 0. The van der Waals surface area contributed by atoms with Gasteiger partial charge in [-0.3, -0.25) is 4.79 Å². The Balaban J connectivity index is 1.49. The minimum atomic E-state index is -0.105. The summed E-state index contributed by atoms with van der Waals surface area (Å²) in [6.45, 7) is 1.32. The number of benzene rings is 1. The standard InChI is InChI=1S/C22H27N3O2/c1-27-20-9-7-18(8-10-20)16-25-22(26)19-12-14-24-21(15-19)23-13-11-17-5-3-2-4-6-17/h5,7-10,12,14-15H,2-4,6,11,13,16H2,1H3,(H,23,24)(H,25,26). The summed E-state index contributed by atoms with van der Waals surface area (Å²) in [5.41, 5.74) is 3.16. The molecule has 0 saturated heterocycles. The van der Waals surface area contributed by atoms with Gasteiger partial charge < -0.3 is 15.4 Å². The maximum absolute atomic E-state index is 12.4. The van der Waals surface area contributed by atoms with Crippen molar-refractivity contribution < 1.29 is 9.53 Å². The molecule has 0 saturated carbocycles. The predicted octanol–water partition coefficient (Wildman–Crippen LogP) is 4.32. The fourth-order valence-electron chi connectivity index (χ4n) is 3.18. The fourth-order valence-corrected chi connectivity index (χ4v) is 3.18. The van der Waals surface area contributed by atoms with Crippen LogP contribution in [0.25, 0.3) is 0 Å². The Morgan fingerprint density at radius 2 is 2.04 bits per heavy atom. The molecule has 0 spiro atoms. The largest absolute Gasteiger partial charge is 0.497 e. The van der Waals surface area contributed by atoms with E-state index in [-0.39, 0.29) is 5.91 Å². The fraction of sp³-hybridized carbons (Fsp3) is 0.364. The smallest absolute Gasteiger partial charge is 0.251 e. The first-order chi connectivity index (χ1) is 13.2. The molecule has 1 amide bonds. The van der Waals surface area contributed by atoms with Crippen molar-refractivity contribution in [1.82, 2.24) is 10.3 Å². The van der Waals surface area contributed by atoms with Crippen LogP contribution in [0.15, 0.2) is 54.2 Å². The number of allylic oxidation sites excluding steroid dienone is 1. The first-order valence-electron chi connectivity index (χ1n) is 9.53. The number of nitrogens with one attached hydrogen (secondary N) is 2. The van der Waals surface area contributed by atoms with Gasteiger partial charge in [0.15, 0.2) is 0 Å². The van der Waals surface area contributed by atoms with Gasteiger partial charge in [-0.15, -0.1) is 0 Å². The van der Waals surface area contributed by atoms with Gasteiger partial charge in [0, 0.05) is 24.8 Å². The van der Waals surface area contributed by atoms with Crippen LogP contribution in [-0.2, 0) is 6.54 Å². The van der Waals surface area contributed by atoms with E-state index in [4.69, 9.17) is 4.74 Å². The molecule has 3 rings (SSSR count). The average Bonchev–Trinajstić information content (AvgIpc) is 2.73. The van der Waals surface area contributed by atoms with Gasteiger partial charge in [0.1, 0.15) is 11.6 Å². The zero-order chi connectivity index (χ0) is 18.9. The first kappa shape index (κ1) is 19.0. The van der Waals surface area contributed by atoms with E-state index in [2.05, 4.69) is 21.7 Å². The van der Waals surface area contributed by atoms with Crippen molar-refractivity contribution in [2.75, 3.05) is 19.0 Å². The van der Waals surface area contributed by atoms with E-state index in [1.165, 1.54) is 31.3 Å². The number of rotatable bonds is 8. The third kappa shape index (κ3) is 5.84. The molecule has 27 heavy (non-hydrogen) atoms. The normalized spacial score (nSPS) is 13.6. The monoisotopic (exact) mass is 365 g/mol. The second-order valence-electron chi connectivity index (χ2n) is 6.75. The number of anilines is 1. The van der Waals surface area contributed by atoms with Gasteiger partial charge in [-0.2, -0.15) is 0 Å². The van der Waals surface area contributed by atoms with Crippen LogP contribution in [0.2, 0.25) is 0 Å². The molecular formula is C22H27N3O2. The highest BCUT2D eigenvalue weighted by Crippen LogP contribution is 2.20. The topological polar surface area (TPSA) is 63.2 Å². The van der Waals surface area contributed by atoms with Gasteiger partial charge >= 0.3 is 0 Å². The van der Waals surface area contributed by atoms with Crippen molar-refractivity contribution >= 4 is 11.7 Å². The first-order valence-corrected chi connectivity index (χ1v) is 9.53. The third-order valence-electron chi connectivity index (χ3n) is 4.77. The highest BCUT2D eigenvalue weighted by Gasteiger charge is 2.08. The number of carbonyl (C=O) groups excluding carboxylic acids is 1. The lowest BCUT2D eigenvalue weighted by Crippen LogP contribution is -2.23. The molecule has 0 unspecified atom stereocenters. The van der Waals surface area contributed by atoms with Crippen LogP contribution in [0.1, 0.15) is 48.0 Å². The van der Waals surface area contributed by atoms with E-state index in [0.717, 1.165) is 30.1 Å². The number of methoxy groups -OCH3 is 1. The Hall–Kier alpha value is -2.82. The summed E-state index contributed by atoms with van der Waals surface area (Å²) in [6.07, 6.45) is 10.1. The van der Waals surface area contributed by atoms with E-state index < -0.39 is 0 Å². The van der Waals surface area contributed by atoms with Crippen LogP contribution in [0.3, 0.4) is 0 Å². The molecule has 1 aliphatic rings. The van der Waals surface area contributed by atoms with Gasteiger partial charge in [-0.05, 0) is 61.9 Å². The molecule has 0 atom stereocenters. The molecule has 0 aliphatic heterocycles. The Morgan fingerprint density at radius 1 is 1.19 bits per heavy atom. The summed E-state index contributed by atoms with van der Waals surface area (Å²) in [6, 6.07) is 11.2. The molecule has 0 bridgehead atoms. The summed E-state index contributed by atoms with van der Waals surface area (Å²) in [4.78, 5) is 16.7. The molecule has 1 aliphatic carbocycles. The van der Waals surface area contributed by atoms with Crippen LogP contribution >= 0.6 is 0 Å². The van der Waals surface area contributed by atoms with Crippen molar-refractivity contribution in [3.8, 4) is 5.75 Å². The van der Waals surface area contributed by atoms with Crippen molar-refractivity contribution in [2.45, 2.75) is 38.6 Å². The van der Waals surface area contributed by atoms with Gasteiger partial charge in [0.25, 0.3) is 5.91 Å². The Morgan fingerprint density at radius 3 is 2.78 bits per heavy atom. The van der Waals surface area contributed by atoms with Crippen molar-refractivity contribution in [3.05, 3.63) is 65.4 Å². The highest BCUT2D eigenvalue weighted by molar-refractivity contribution is 5.94. The van der Waals surface area contributed by atoms with Gasteiger partial charge in [0.2, 0.25) is 0 Å². The number of amides is 1. The Labute approximate surface area is 160 Å². The number of aromatic nitrogens is 1. The molecule has 1 heterocycles. The Bertz CT molecular complexity index is 784. The molecule has 0 radical (unpaired) electrons. The third-order valence-corrected chi connectivity index (χ3v) is 4.77. The van der Waals surface area contributed by atoms with Gasteiger partial charge in [-0.1, -0.05) is 23.8 Å². The molecule has 1 aromatic heterocycles. The van der Waals surface area contributed by atoms with Crippen LogP contribution in [0.5, 0.6) is 5.75 Å². The quantitative estimate of drug-likeness (QED) is 0.684. The lowest BCUT2D eigenvalue weighted by Gasteiger charge is -2.13. The number of hydrogen-bond acceptors (Lipinski definition) is 4. The van der Waals surface area contributed by atoms with E-state index in [1.54, 1.807) is 25.4 Å². The summed E-state index contributed by atoms with van der Waals surface area (Å²) < 4.78 is 5.14. The molecule has 5 heteroatoms. The van der Waals surface area contributed by atoms with Crippen molar-refractivity contribution in [3.63, 3.8) is 0 Å². The number of ether oxygens (including phenoxy) is 1. The average molecular weight is 365 g/mol. The number of nitrogens with zero attached hydrogens (tertiary/aromatic N) is 1. The summed E-state index contributed by atoms with van der Waals surface area (Å²) in [5, 5.41) is 6.27. The summed E-state index contributed by atoms with van der Waals surface area (Å²) in [5.74, 6) is 1.44. The van der Waals surface area contributed by atoms with Gasteiger partial charge in [-0.25, -0.2) is 4.98 Å². The lowest BCUT2D eigenvalue weighted by molar-refractivity contribution is 0.0951. The van der Waals surface area contributed by atoms with E-state index in [1.807, 2.05) is 24.3 Å². The molecular weight excluding hydrogens is 338 g/mol. The summed E-state index contributed by atoms with van der Waals surface area (Å²) in [7, 11) is 1.64. The molecule has 2 N–H and O–H groups in total. The maximum Gasteiger partial charge on any atom is 0.251 e. The van der Waals surface area contributed by atoms with Gasteiger partial charge in [0.05, 0.1) is 7.11 Å². The van der Waals surface area contributed by atoms with E-state index >= 15 is 0 Å². The van der Waals surface area contributed by atoms with E-state index in [9.17, 15) is 4.79 Å². The lowest BCUT2D eigenvalue weighted by atomic mass is 9.97. The number of pyridine rings is 1. The van der Waals surface area contributed by atoms with Crippen LogP contribution in [0, 0.1) is 0 Å². The minimum Gasteiger partial charge on any atom is -0.497 e. The molecule has 1 aromatic carbocycles. The molecule has 2 aromatic rings. The minimum absolute atomic E-state index is 0.105. The Kier molecular flexibility index (Phi) is 6.85.